The van der Waals surface area contributed by atoms with Crippen LogP contribution in [0.25, 0.3) is 0 Å². The molecule has 5 rings (SSSR count). The number of sulfonamides is 1. The van der Waals surface area contributed by atoms with Gasteiger partial charge in [-0.25, -0.2) is 8.42 Å². The number of hydrogen-bond acceptors (Lipinski definition) is 6. The van der Waals surface area contributed by atoms with Crippen molar-refractivity contribution in [3.05, 3.63) is 53.9 Å². The summed E-state index contributed by atoms with van der Waals surface area (Å²) in [6.07, 6.45) is 10.2. The molecule has 0 bridgehead atoms. The number of fused-ring (bicyclic) bond motifs is 2. The van der Waals surface area contributed by atoms with Gasteiger partial charge in [-0.05, 0) is 24.8 Å². The minimum Gasteiger partial charge on any atom is -0.618 e. The third kappa shape index (κ3) is 4.77. The van der Waals surface area contributed by atoms with Crippen molar-refractivity contribution in [3.63, 3.8) is 0 Å². The number of hydrogen-bond donors (Lipinski definition) is 0. The first-order valence-electron chi connectivity index (χ1n) is 13.2. The van der Waals surface area contributed by atoms with Crippen LogP contribution in [0, 0.1) is 28.9 Å². The van der Waals surface area contributed by atoms with Gasteiger partial charge in [0.1, 0.15) is 6.04 Å². The molecule has 3 saturated heterocycles. The fourth-order valence-electron chi connectivity index (χ4n) is 6.37. The van der Waals surface area contributed by atoms with Crippen LogP contribution in [-0.2, 0) is 24.4 Å². The van der Waals surface area contributed by atoms with Gasteiger partial charge in [0.05, 0.1) is 12.6 Å². The summed E-state index contributed by atoms with van der Waals surface area (Å²) in [4.78, 5) is 43.5. The molecule has 2 amide bonds. The monoisotopic (exact) mass is 542 g/mol. The van der Waals surface area contributed by atoms with Crippen LogP contribution in [0.15, 0.2) is 53.7 Å². The summed E-state index contributed by atoms with van der Waals surface area (Å²) in [7, 11) is -4.23. The number of rotatable bonds is 7. The average molecular weight is 543 g/mol. The SMILES string of the molecule is CC(C)CC(CC(=O)N1CC2C=CC=CC2C1)C(=O)N1CCC2C1C(=O)CN2S(=O)(=O)c1cccc[n+]1[O-]. The van der Waals surface area contributed by atoms with Crippen LogP contribution in [0.1, 0.15) is 33.1 Å². The maximum Gasteiger partial charge on any atom is 0.323 e. The van der Waals surface area contributed by atoms with Crippen molar-refractivity contribution in [2.75, 3.05) is 26.2 Å². The summed E-state index contributed by atoms with van der Waals surface area (Å²) < 4.78 is 27.9. The number of amides is 2. The summed E-state index contributed by atoms with van der Waals surface area (Å²) in [6.45, 7) is 5.08. The van der Waals surface area contributed by atoms with Crippen molar-refractivity contribution in [2.45, 2.75) is 50.2 Å². The zero-order valence-electron chi connectivity index (χ0n) is 21.7. The van der Waals surface area contributed by atoms with E-state index in [1.54, 1.807) is 0 Å². The number of carbonyl (C=O) groups excluding carboxylic acids is 3. The maximum atomic E-state index is 13.8. The van der Waals surface area contributed by atoms with Crippen LogP contribution in [-0.4, -0.2) is 78.4 Å². The second-order valence-electron chi connectivity index (χ2n) is 11.1. The molecule has 5 unspecified atom stereocenters. The molecule has 0 aromatic carbocycles. The molecular formula is C27H34N4O6S. The minimum atomic E-state index is -4.23. The highest BCUT2D eigenvalue weighted by molar-refractivity contribution is 7.89. The van der Waals surface area contributed by atoms with Crippen LogP contribution >= 0.6 is 0 Å². The standard InChI is InChI=1S/C27H34N4O6S/c1-18(2)13-21(14-24(33)28-15-19-7-3-4-8-20(19)16-28)27(34)29-12-10-22-26(29)23(32)17-31(22)38(36,37)25-9-5-6-11-30(25)35/h3-9,11,18-22,26H,10,12-17H2,1-2H3. The highest BCUT2D eigenvalue weighted by Crippen LogP contribution is 2.36. The van der Waals surface area contributed by atoms with E-state index in [0.29, 0.717) is 37.8 Å². The number of aromatic nitrogens is 1. The van der Waals surface area contributed by atoms with E-state index >= 15 is 0 Å². The van der Waals surface area contributed by atoms with Gasteiger partial charge in [0.2, 0.25) is 11.8 Å². The lowest BCUT2D eigenvalue weighted by atomic mass is 9.91. The van der Waals surface area contributed by atoms with Crippen LogP contribution < -0.4 is 4.73 Å². The van der Waals surface area contributed by atoms with E-state index in [9.17, 15) is 28.0 Å². The third-order valence-electron chi connectivity index (χ3n) is 8.14. The van der Waals surface area contributed by atoms with E-state index in [4.69, 9.17) is 0 Å². The predicted octanol–water partition coefficient (Wildman–Crippen LogP) is 1.12. The molecule has 0 saturated carbocycles. The molecule has 5 atom stereocenters. The number of pyridine rings is 1. The molecule has 4 aliphatic rings. The van der Waals surface area contributed by atoms with Gasteiger partial charge in [0, 0.05) is 55.9 Å². The first-order chi connectivity index (χ1) is 18.1. The van der Waals surface area contributed by atoms with E-state index in [-0.39, 0.29) is 47.8 Å². The van der Waals surface area contributed by atoms with Crippen LogP contribution in [0.2, 0.25) is 0 Å². The average Bonchev–Trinajstić information content (AvgIpc) is 3.58. The fraction of sp³-hybridized carbons (Fsp3) is 0.556. The number of Topliss-reactive ketones (excluding diaryl/α,β-unsaturated/α-hetero) is 1. The minimum absolute atomic E-state index is 0.0637. The summed E-state index contributed by atoms with van der Waals surface area (Å²) >= 11 is 0. The van der Waals surface area contributed by atoms with E-state index in [1.165, 1.54) is 23.1 Å². The molecule has 1 aromatic heterocycles. The van der Waals surface area contributed by atoms with Crippen LogP contribution in [0.4, 0.5) is 0 Å². The predicted molar refractivity (Wildman–Crippen MR) is 138 cm³/mol. The topological polar surface area (TPSA) is 122 Å². The van der Waals surface area contributed by atoms with Gasteiger partial charge in [-0.1, -0.05) is 38.2 Å². The number of nitrogens with zero attached hydrogens (tertiary/aromatic N) is 4. The molecule has 3 fully saturated rings. The number of allylic oxidation sites excluding steroid dienone is 2. The Morgan fingerprint density at radius 1 is 1.13 bits per heavy atom. The molecular weight excluding hydrogens is 508 g/mol. The summed E-state index contributed by atoms with van der Waals surface area (Å²) in [5.41, 5.74) is 0. The van der Waals surface area contributed by atoms with Crippen molar-refractivity contribution >= 4 is 27.6 Å². The third-order valence-corrected chi connectivity index (χ3v) is 10.0. The zero-order chi connectivity index (χ0) is 27.2. The smallest absolute Gasteiger partial charge is 0.323 e. The Kier molecular flexibility index (Phi) is 7.17. The molecule has 11 heteroatoms. The Labute approximate surface area is 223 Å². The van der Waals surface area contributed by atoms with E-state index in [1.807, 2.05) is 30.9 Å². The largest absolute Gasteiger partial charge is 0.618 e. The summed E-state index contributed by atoms with van der Waals surface area (Å²) in [5, 5.41) is 11.7. The summed E-state index contributed by atoms with van der Waals surface area (Å²) in [5.74, 6) is -0.554. The van der Waals surface area contributed by atoms with Crippen LogP contribution in [0.3, 0.4) is 0 Å². The normalized spacial score (nSPS) is 27.7. The van der Waals surface area contributed by atoms with E-state index in [2.05, 4.69) is 12.2 Å². The van der Waals surface area contributed by atoms with Gasteiger partial charge in [-0.3, -0.25) is 14.4 Å². The Hall–Kier alpha value is -3.05. The molecule has 4 heterocycles. The van der Waals surface area contributed by atoms with Gasteiger partial charge < -0.3 is 15.0 Å². The van der Waals surface area contributed by atoms with Crippen LogP contribution in [0.5, 0.6) is 0 Å². The van der Waals surface area contributed by atoms with Crippen molar-refractivity contribution in [2.24, 2.45) is 23.7 Å². The maximum absolute atomic E-state index is 13.8. The molecule has 38 heavy (non-hydrogen) atoms. The highest BCUT2D eigenvalue weighted by Gasteiger charge is 2.55. The lowest BCUT2D eigenvalue weighted by Gasteiger charge is -2.29. The molecule has 10 nitrogen and oxygen atoms in total. The van der Waals surface area contributed by atoms with Gasteiger partial charge >= 0.3 is 15.0 Å². The van der Waals surface area contributed by atoms with E-state index < -0.39 is 33.1 Å². The van der Waals surface area contributed by atoms with E-state index in [0.717, 1.165) is 10.5 Å². The molecule has 204 valence electrons. The van der Waals surface area contributed by atoms with Crippen molar-refractivity contribution in [1.29, 1.82) is 0 Å². The first kappa shape index (κ1) is 26.6. The quantitative estimate of drug-likeness (QED) is 0.376. The Morgan fingerprint density at radius 3 is 2.45 bits per heavy atom. The van der Waals surface area contributed by atoms with Crippen molar-refractivity contribution < 1.29 is 27.5 Å². The molecule has 0 N–H and O–H groups in total. The zero-order valence-corrected chi connectivity index (χ0v) is 22.5. The van der Waals surface area contributed by atoms with Gasteiger partial charge in [0.15, 0.2) is 12.0 Å². The number of carbonyl (C=O) groups is 3. The Bertz CT molecular complexity index is 1270. The summed E-state index contributed by atoms with van der Waals surface area (Å²) in [6, 6.07) is 2.46. The highest BCUT2D eigenvalue weighted by atomic mass is 32.2. The fourth-order valence-corrected chi connectivity index (χ4v) is 8.02. The molecule has 0 spiro atoms. The van der Waals surface area contributed by atoms with Gasteiger partial charge in [-0.2, -0.15) is 9.04 Å². The van der Waals surface area contributed by atoms with Crippen molar-refractivity contribution in [3.8, 4) is 0 Å². The second kappa shape index (κ2) is 10.3. The lowest BCUT2D eigenvalue weighted by molar-refractivity contribution is -0.646. The van der Waals surface area contributed by atoms with Gasteiger partial charge in [0.25, 0.3) is 0 Å². The molecule has 0 radical (unpaired) electrons. The second-order valence-corrected chi connectivity index (χ2v) is 13.0. The Morgan fingerprint density at radius 2 is 1.82 bits per heavy atom. The van der Waals surface area contributed by atoms with Crippen molar-refractivity contribution in [1.82, 2.24) is 14.1 Å². The first-order valence-corrected chi connectivity index (χ1v) is 14.7. The number of ketones is 1. The lowest BCUT2D eigenvalue weighted by Crippen LogP contribution is -2.47. The molecule has 1 aliphatic carbocycles. The number of likely N-dealkylation sites (tertiary alicyclic amines) is 2. The molecule has 3 aliphatic heterocycles. The van der Waals surface area contributed by atoms with Gasteiger partial charge in [-0.15, -0.1) is 0 Å². The molecule has 1 aromatic rings. The Balaban J connectivity index is 1.32.